The van der Waals surface area contributed by atoms with Crippen molar-refractivity contribution in [3.05, 3.63) is 70.3 Å². The second-order valence-electron chi connectivity index (χ2n) is 4.94. The van der Waals surface area contributed by atoms with Gasteiger partial charge in [0.25, 0.3) is 0 Å². The molecule has 0 aliphatic carbocycles. The molecule has 0 radical (unpaired) electrons. The highest BCUT2D eigenvalue weighted by atomic mass is 16.5. The summed E-state index contributed by atoms with van der Waals surface area (Å²) in [5.74, 6) is 0.229. The van der Waals surface area contributed by atoms with Gasteiger partial charge in [-0.25, -0.2) is 9.36 Å². The number of methoxy groups -OCH3 is 1. The maximum atomic E-state index is 12.5. The summed E-state index contributed by atoms with van der Waals surface area (Å²) in [4.78, 5) is 24.6. The van der Waals surface area contributed by atoms with Crippen molar-refractivity contribution in [2.75, 3.05) is 7.11 Å². The third-order valence-corrected chi connectivity index (χ3v) is 3.39. The lowest BCUT2D eigenvalue weighted by Crippen LogP contribution is -2.28. The van der Waals surface area contributed by atoms with Crippen LogP contribution in [0.15, 0.2) is 58.0 Å². The number of fused-ring (bicyclic) bond motifs is 1. The molecular weight excluding hydrogens is 282 g/mol. The molecule has 110 valence electrons. The summed E-state index contributed by atoms with van der Waals surface area (Å²) >= 11 is 0. The van der Waals surface area contributed by atoms with Gasteiger partial charge in [-0.15, -0.1) is 0 Å². The first kappa shape index (κ1) is 14.0. The van der Waals surface area contributed by atoms with Gasteiger partial charge >= 0.3 is 5.63 Å². The van der Waals surface area contributed by atoms with Crippen molar-refractivity contribution in [2.24, 2.45) is 7.05 Å². The van der Waals surface area contributed by atoms with E-state index in [2.05, 4.69) is 0 Å². The molecule has 0 unspecified atom stereocenters. The van der Waals surface area contributed by atoms with E-state index in [9.17, 15) is 9.59 Å². The van der Waals surface area contributed by atoms with E-state index in [1.165, 1.54) is 7.11 Å². The number of aromatic nitrogens is 1. The Morgan fingerprint density at radius 1 is 1.23 bits per heavy atom. The summed E-state index contributed by atoms with van der Waals surface area (Å²) in [5, 5.41) is 0.670. The molecule has 0 aliphatic heterocycles. The molecule has 3 rings (SSSR count). The number of nitrogens with zero attached hydrogens (tertiary/aromatic N) is 1. The van der Waals surface area contributed by atoms with Crippen LogP contribution in [0.1, 0.15) is 15.9 Å². The molecule has 0 saturated heterocycles. The predicted molar refractivity (Wildman–Crippen MR) is 80.1 cm³/mol. The Kier molecular flexibility index (Phi) is 3.47. The van der Waals surface area contributed by atoms with E-state index < -0.39 is 5.63 Å². The first-order valence-corrected chi connectivity index (χ1v) is 6.70. The average molecular weight is 296 g/mol. The maximum Gasteiger partial charge on any atom is 0.347 e. The predicted octanol–water partition coefficient (Wildman–Crippen LogP) is 1.86. The van der Waals surface area contributed by atoms with Crippen LogP contribution in [0.3, 0.4) is 0 Å². The zero-order valence-electron chi connectivity index (χ0n) is 12.2. The minimum absolute atomic E-state index is 0.0175. The number of rotatable bonds is 3. The average Bonchev–Trinajstić information content (AvgIpc) is 2.53. The van der Waals surface area contributed by atoms with Crippen molar-refractivity contribution in [1.29, 1.82) is 0 Å². The first-order chi connectivity index (χ1) is 10.6. The number of hydrogen-bond donors (Lipinski definition) is 0. The van der Waals surface area contributed by atoms with Crippen LogP contribution in [-0.4, -0.2) is 12.9 Å². The fourth-order valence-electron chi connectivity index (χ4n) is 2.25. The van der Waals surface area contributed by atoms with Gasteiger partial charge in [-0.3, -0.25) is 4.79 Å². The number of hydrogen-bond acceptors (Lipinski definition) is 4. The highest BCUT2D eigenvalue weighted by molar-refractivity contribution is 6.09. The third kappa shape index (κ3) is 2.48. The molecule has 0 bridgehead atoms. The molecule has 1 aromatic carbocycles. The normalized spacial score (nSPS) is 10.6. The van der Waals surface area contributed by atoms with Gasteiger partial charge in [-0.1, -0.05) is 0 Å². The molecule has 0 spiro atoms. The van der Waals surface area contributed by atoms with Crippen LogP contribution < -0.4 is 14.9 Å². The van der Waals surface area contributed by atoms with Crippen LogP contribution in [0, 0.1) is 0 Å². The Balaban J connectivity index is 2.13. The third-order valence-electron chi connectivity index (χ3n) is 3.39. The number of ether oxygens (including phenoxy) is 1. The molecule has 0 saturated carbocycles. The van der Waals surface area contributed by atoms with E-state index >= 15 is 0 Å². The Hall–Kier alpha value is -2.95. The van der Waals surface area contributed by atoms with Crippen molar-refractivity contribution < 1.29 is 18.5 Å². The van der Waals surface area contributed by atoms with Crippen molar-refractivity contribution in [3.8, 4) is 5.75 Å². The fourth-order valence-corrected chi connectivity index (χ4v) is 2.25. The minimum Gasteiger partial charge on any atom is -0.497 e. The van der Waals surface area contributed by atoms with E-state index in [0.717, 1.165) is 0 Å². The lowest BCUT2D eigenvalue weighted by molar-refractivity contribution is -0.671. The number of benzene rings is 1. The fraction of sp³-hybridized carbons (Fsp3) is 0.118. The quantitative estimate of drug-likeness (QED) is 0.420. The van der Waals surface area contributed by atoms with Crippen LogP contribution in [-0.2, 0) is 7.05 Å². The molecule has 3 aromatic rings. The van der Waals surface area contributed by atoms with Crippen molar-refractivity contribution >= 4 is 16.8 Å². The molecular formula is C17H14NO4+. The summed E-state index contributed by atoms with van der Waals surface area (Å²) in [6.45, 7) is 0. The van der Waals surface area contributed by atoms with Gasteiger partial charge in [-0.05, 0) is 24.3 Å². The lowest BCUT2D eigenvalue weighted by Gasteiger charge is -2.03. The monoisotopic (exact) mass is 296 g/mol. The summed E-state index contributed by atoms with van der Waals surface area (Å²) in [6, 6.07) is 10.1. The Bertz CT molecular complexity index is 927. The zero-order chi connectivity index (χ0) is 15.7. The molecule has 0 atom stereocenters. The molecule has 0 aliphatic rings. The molecule has 0 N–H and O–H groups in total. The summed E-state index contributed by atoms with van der Waals surface area (Å²) < 4.78 is 12.1. The second kappa shape index (κ2) is 5.44. The SMILES string of the molecule is COc1ccc2cc(C(=O)c3ccc[n+](C)c3)c(=O)oc2c1. The molecule has 0 amide bonds. The summed E-state index contributed by atoms with van der Waals surface area (Å²) in [6.07, 6.45) is 3.48. The smallest absolute Gasteiger partial charge is 0.347 e. The van der Waals surface area contributed by atoms with Crippen LogP contribution in [0.2, 0.25) is 0 Å². The van der Waals surface area contributed by atoms with Crippen LogP contribution in [0.5, 0.6) is 5.75 Å². The van der Waals surface area contributed by atoms with Gasteiger partial charge < -0.3 is 9.15 Å². The Labute approximate surface area is 126 Å². The van der Waals surface area contributed by atoms with Crippen molar-refractivity contribution in [1.82, 2.24) is 0 Å². The molecule has 2 heterocycles. The van der Waals surface area contributed by atoms with Gasteiger partial charge in [-0.2, -0.15) is 0 Å². The first-order valence-electron chi connectivity index (χ1n) is 6.70. The molecule has 5 nitrogen and oxygen atoms in total. The molecule has 0 fully saturated rings. The number of carbonyl (C=O) groups excluding carboxylic acids is 1. The number of ketones is 1. The molecule has 2 aromatic heterocycles. The summed E-state index contributed by atoms with van der Waals surface area (Å²) in [7, 11) is 3.35. The lowest BCUT2D eigenvalue weighted by atomic mass is 10.1. The van der Waals surface area contributed by atoms with Crippen LogP contribution in [0.4, 0.5) is 0 Å². The topological polar surface area (TPSA) is 60.4 Å². The van der Waals surface area contributed by atoms with E-state index in [0.29, 0.717) is 22.3 Å². The minimum atomic E-state index is -0.655. The molecule has 5 heteroatoms. The van der Waals surface area contributed by atoms with E-state index in [-0.39, 0.29) is 11.3 Å². The van der Waals surface area contributed by atoms with Gasteiger partial charge in [0, 0.05) is 17.5 Å². The number of aryl methyl sites for hydroxylation is 1. The highest BCUT2D eigenvalue weighted by Crippen LogP contribution is 2.20. The van der Waals surface area contributed by atoms with Gasteiger partial charge in [0.1, 0.15) is 23.9 Å². The van der Waals surface area contributed by atoms with Crippen LogP contribution in [0.25, 0.3) is 11.0 Å². The molecule has 22 heavy (non-hydrogen) atoms. The number of pyridine rings is 1. The zero-order valence-corrected chi connectivity index (χ0v) is 12.2. The summed E-state index contributed by atoms with van der Waals surface area (Å²) in [5.41, 5.74) is 0.186. The van der Waals surface area contributed by atoms with Crippen LogP contribution >= 0.6 is 0 Å². The Morgan fingerprint density at radius 2 is 2.05 bits per heavy atom. The largest absolute Gasteiger partial charge is 0.497 e. The maximum absolute atomic E-state index is 12.5. The van der Waals surface area contributed by atoms with E-state index in [4.69, 9.17) is 9.15 Å². The standard InChI is InChI=1S/C17H14NO4/c1-18-7-3-4-12(10-18)16(19)14-8-11-5-6-13(21-2)9-15(11)22-17(14)20/h3-10H,1-2H3/q+1. The van der Waals surface area contributed by atoms with Crippen molar-refractivity contribution in [2.45, 2.75) is 0 Å². The Morgan fingerprint density at radius 3 is 2.77 bits per heavy atom. The van der Waals surface area contributed by atoms with Crippen molar-refractivity contribution in [3.63, 3.8) is 0 Å². The highest BCUT2D eigenvalue weighted by Gasteiger charge is 2.18. The van der Waals surface area contributed by atoms with E-state index in [1.54, 1.807) is 47.2 Å². The van der Waals surface area contributed by atoms with Gasteiger partial charge in [0.2, 0.25) is 5.78 Å². The van der Waals surface area contributed by atoms with Gasteiger partial charge in [0.15, 0.2) is 12.4 Å². The number of carbonyl (C=O) groups is 1. The van der Waals surface area contributed by atoms with E-state index in [1.807, 2.05) is 13.2 Å². The van der Waals surface area contributed by atoms with Gasteiger partial charge in [0.05, 0.1) is 12.7 Å². The second-order valence-corrected chi connectivity index (χ2v) is 4.94.